The van der Waals surface area contributed by atoms with Crippen molar-refractivity contribution in [1.82, 2.24) is 4.90 Å². The van der Waals surface area contributed by atoms with Gasteiger partial charge in [0.1, 0.15) is 5.60 Å². The molecule has 0 N–H and O–H groups in total. The Kier molecular flexibility index (Phi) is 6.21. The number of amides is 1. The molecule has 1 aliphatic rings. The van der Waals surface area contributed by atoms with E-state index < -0.39 is 5.60 Å². The van der Waals surface area contributed by atoms with Crippen molar-refractivity contribution < 1.29 is 9.53 Å². The second-order valence-corrected chi connectivity index (χ2v) is 6.29. The van der Waals surface area contributed by atoms with Crippen molar-refractivity contribution in [3.8, 4) is 0 Å². The number of ether oxygens (including phenoxy) is 1. The molecule has 0 aliphatic carbocycles. The van der Waals surface area contributed by atoms with Gasteiger partial charge in [0.05, 0.1) is 0 Å². The van der Waals surface area contributed by atoms with Gasteiger partial charge >= 0.3 is 6.09 Å². The summed E-state index contributed by atoms with van der Waals surface area (Å²) in [7, 11) is 0. The summed E-state index contributed by atoms with van der Waals surface area (Å²) in [4.78, 5) is 14.2. The van der Waals surface area contributed by atoms with Crippen LogP contribution in [-0.4, -0.2) is 23.1 Å². The van der Waals surface area contributed by atoms with Crippen molar-refractivity contribution in [3.05, 3.63) is 48.6 Å². The normalized spacial score (nSPS) is 21.5. The molecule has 1 fully saturated rings. The zero-order valence-corrected chi connectivity index (χ0v) is 14.6. The molecule has 1 saturated heterocycles. The zero-order valence-electron chi connectivity index (χ0n) is 14.6. The van der Waals surface area contributed by atoms with Gasteiger partial charge in [-0.15, -0.1) is 6.58 Å². The van der Waals surface area contributed by atoms with Gasteiger partial charge in [-0.25, -0.2) is 4.79 Å². The lowest BCUT2D eigenvalue weighted by Crippen LogP contribution is -2.54. The summed E-state index contributed by atoms with van der Waals surface area (Å²) in [5.41, 5.74) is 0.262. The lowest BCUT2D eigenvalue weighted by Gasteiger charge is -2.45. The minimum Gasteiger partial charge on any atom is -0.437 e. The summed E-state index contributed by atoms with van der Waals surface area (Å²) in [6.45, 7) is 14.6. The third-order valence-corrected chi connectivity index (χ3v) is 3.83. The molecule has 0 aromatic heterocycles. The van der Waals surface area contributed by atoms with E-state index in [1.54, 1.807) is 4.90 Å². The molecule has 0 bridgehead atoms. The summed E-state index contributed by atoms with van der Waals surface area (Å²) in [6.07, 6.45) is 3.01. The fraction of sp³-hybridized carbons (Fsp3) is 0.526. The molecule has 22 heavy (non-hydrogen) atoms. The van der Waals surface area contributed by atoms with Crippen LogP contribution in [0.1, 0.15) is 53.0 Å². The second kappa shape index (κ2) is 7.48. The van der Waals surface area contributed by atoms with Crippen molar-refractivity contribution in [2.45, 2.75) is 58.6 Å². The highest BCUT2D eigenvalue weighted by molar-refractivity contribution is 5.70. The second-order valence-electron chi connectivity index (χ2n) is 6.29. The first-order valence-corrected chi connectivity index (χ1v) is 8.06. The van der Waals surface area contributed by atoms with E-state index in [1.807, 2.05) is 71.0 Å². The topological polar surface area (TPSA) is 29.5 Å². The molecule has 122 valence electrons. The van der Waals surface area contributed by atoms with Gasteiger partial charge in [-0.2, -0.15) is 0 Å². The molecule has 1 atom stereocenters. The number of rotatable bonds is 3. The van der Waals surface area contributed by atoms with Gasteiger partial charge in [0.15, 0.2) is 0 Å². The van der Waals surface area contributed by atoms with Gasteiger partial charge in [0.2, 0.25) is 0 Å². The molecule has 0 spiro atoms. The SMILES string of the molecule is C=CCC1(c2ccccc2)CCN(C(C)(C)C)C(=O)O1.CC. The predicted octanol–water partition coefficient (Wildman–Crippen LogP) is 5.13. The highest BCUT2D eigenvalue weighted by atomic mass is 16.6. The number of nitrogens with zero attached hydrogens (tertiary/aromatic N) is 1. The Hall–Kier alpha value is -1.77. The summed E-state index contributed by atoms with van der Waals surface area (Å²) in [6, 6.07) is 9.96. The first-order valence-electron chi connectivity index (χ1n) is 8.06. The van der Waals surface area contributed by atoms with Crippen LogP contribution in [0.15, 0.2) is 43.0 Å². The van der Waals surface area contributed by atoms with E-state index in [0.717, 1.165) is 12.0 Å². The van der Waals surface area contributed by atoms with Crippen molar-refractivity contribution in [3.63, 3.8) is 0 Å². The minimum atomic E-state index is -0.568. The van der Waals surface area contributed by atoms with Crippen LogP contribution < -0.4 is 0 Å². The third-order valence-electron chi connectivity index (χ3n) is 3.83. The van der Waals surface area contributed by atoms with Gasteiger partial charge in [-0.1, -0.05) is 50.3 Å². The average Bonchev–Trinajstić information content (AvgIpc) is 2.49. The van der Waals surface area contributed by atoms with Crippen molar-refractivity contribution in [2.75, 3.05) is 6.54 Å². The van der Waals surface area contributed by atoms with E-state index in [4.69, 9.17) is 4.74 Å². The number of carbonyl (C=O) groups excluding carboxylic acids is 1. The molecule has 3 heteroatoms. The first kappa shape index (κ1) is 18.3. The highest BCUT2D eigenvalue weighted by Gasteiger charge is 2.43. The lowest BCUT2D eigenvalue weighted by molar-refractivity contribution is -0.0686. The van der Waals surface area contributed by atoms with Crippen LogP contribution in [0.5, 0.6) is 0 Å². The van der Waals surface area contributed by atoms with E-state index in [2.05, 4.69) is 6.58 Å². The quantitative estimate of drug-likeness (QED) is 0.725. The van der Waals surface area contributed by atoms with E-state index >= 15 is 0 Å². The van der Waals surface area contributed by atoms with Gasteiger partial charge in [-0.05, 0) is 26.3 Å². The Labute approximate surface area is 135 Å². The van der Waals surface area contributed by atoms with Gasteiger partial charge in [0, 0.05) is 24.9 Å². The van der Waals surface area contributed by atoms with E-state index in [0.29, 0.717) is 13.0 Å². The van der Waals surface area contributed by atoms with Crippen LogP contribution in [0.2, 0.25) is 0 Å². The summed E-state index contributed by atoms with van der Waals surface area (Å²) >= 11 is 0. The van der Waals surface area contributed by atoms with E-state index in [-0.39, 0.29) is 11.6 Å². The van der Waals surface area contributed by atoms with Gasteiger partial charge < -0.3 is 9.64 Å². The molecule has 2 rings (SSSR count). The molecule has 0 radical (unpaired) electrons. The predicted molar refractivity (Wildman–Crippen MR) is 91.8 cm³/mol. The van der Waals surface area contributed by atoms with Crippen molar-refractivity contribution in [1.29, 1.82) is 0 Å². The molecule has 3 nitrogen and oxygen atoms in total. The maximum atomic E-state index is 12.4. The molecule has 1 aromatic carbocycles. The van der Waals surface area contributed by atoms with Crippen molar-refractivity contribution >= 4 is 6.09 Å². The maximum absolute atomic E-state index is 12.4. The third kappa shape index (κ3) is 3.90. The van der Waals surface area contributed by atoms with Crippen LogP contribution in [0.25, 0.3) is 0 Å². The standard InChI is InChI=1S/C17H23NO2.C2H6/c1-5-11-17(14-9-7-6-8-10-14)12-13-18(15(19)20-17)16(2,3)4;1-2/h5-10H,1,11-13H2,2-4H3;1-2H3. The van der Waals surface area contributed by atoms with Gasteiger partial charge in [0.25, 0.3) is 0 Å². The van der Waals surface area contributed by atoms with E-state index in [9.17, 15) is 4.79 Å². The smallest absolute Gasteiger partial charge is 0.411 e. The highest BCUT2D eigenvalue weighted by Crippen LogP contribution is 2.39. The lowest BCUT2D eigenvalue weighted by atomic mass is 9.85. The molecule has 1 aromatic rings. The maximum Gasteiger partial charge on any atom is 0.411 e. The molecular formula is C19H29NO2. The Morgan fingerprint density at radius 3 is 2.32 bits per heavy atom. The number of cyclic esters (lactones) is 1. The van der Waals surface area contributed by atoms with Crippen molar-refractivity contribution in [2.24, 2.45) is 0 Å². The monoisotopic (exact) mass is 303 g/mol. The van der Waals surface area contributed by atoms with Crippen LogP contribution >= 0.6 is 0 Å². The Morgan fingerprint density at radius 1 is 1.27 bits per heavy atom. The summed E-state index contributed by atoms with van der Waals surface area (Å²) < 4.78 is 5.86. The van der Waals surface area contributed by atoms with Crippen LogP contribution in [0.3, 0.4) is 0 Å². The zero-order chi connectivity index (χ0) is 16.8. The summed E-state index contributed by atoms with van der Waals surface area (Å²) in [5.74, 6) is 0. The van der Waals surface area contributed by atoms with Gasteiger partial charge in [-0.3, -0.25) is 0 Å². The number of carbonyl (C=O) groups is 1. The molecule has 0 saturated carbocycles. The number of hydrogen-bond donors (Lipinski definition) is 0. The molecule has 1 unspecified atom stereocenters. The number of benzene rings is 1. The van der Waals surface area contributed by atoms with Crippen LogP contribution in [0, 0.1) is 0 Å². The largest absolute Gasteiger partial charge is 0.437 e. The number of hydrogen-bond acceptors (Lipinski definition) is 2. The fourth-order valence-corrected chi connectivity index (χ4v) is 2.71. The molecule has 1 amide bonds. The van der Waals surface area contributed by atoms with E-state index in [1.165, 1.54) is 0 Å². The summed E-state index contributed by atoms with van der Waals surface area (Å²) in [5, 5.41) is 0. The first-order chi connectivity index (χ1) is 10.4. The van der Waals surface area contributed by atoms with Crippen LogP contribution in [-0.2, 0) is 10.3 Å². The van der Waals surface area contributed by atoms with Crippen LogP contribution in [0.4, 0.5) is 4.79 Å². The molecular weight excluding hydrogens is 274 g/mol. The Balaban J connectivity index is 0.00000116. The Morgan fingerprint density at radius 2 is 1.86 bits per heavy atom. The molecule has 1 heterocycles. The average molecular weight is 303 g/mol. The molecule has 1 aliphatic heterocycles. The fourth-order valence-electron chi connectivity index (χ4n) is 2.71. The Bertz CT molecular complexity index is 490. The minimum absolute atomic E-state index is 0.214.